The maximum Gasteiger partial charge on any atom is 0.147 e. The van der Waals surface area contributed by atoms with Gasteiger partial charge in [-0.3, -0.25) is 4.98 Å². The van der Waals surface area contributed by atoms with Gasteiger partial charge in [-0.25, -0.2) is 4.39 Å². The van der Waals surface area contributed by atoms with Gasteiger partial charge in [0.05, 0.1) is 17.4 Å². The number of nitrogens with one attached hydrogen (secondary N) is 4. The lowest BCUT2D eigenvalue weighted by Crippen LogP contribution is -2.51. The van der Waals surface area contributed by atoms with E-state index in [9.17, 15) is 4.39 Å². The minimum atomic E-state index is -0.286. The molecule has 6 nitrogen and oxygen atoms in total. The minimum absolute atomic E-state index is 0.264. The van der Waals surface area contributed by atoms with Crippen molar-refractivity contribution in [1.82, 2.24) is 10.3 Å². The maximum absolute atomic E-state index is 14.8. The van der Waals surface area contributed by atoms with Gasteiger partial charge in [-0.2, -0.15) is 0 Å². The van der Waals surface area contributed by atoms with Gasteiger partial charge in [0.25, 0.3) is 0 Å². The molecule has 0 amide bonds. The summed E-state index contributed by atoms with van der Waals surface area (Å²) in [6, 6.07) is 12.7. The monoisotopic (exact) mass is 405 g/mol. The number of ether oxygens (including phenoxy) is 1. The Bertz CT molecular complexity index is 1060. The lowest BCUT2D eigenvalue weighted by Gasteiger charge is -2.30. The van der Waals surface area contributed by atoms with Crippen molar-refractivity contribution < 1.29 is 9.13 Å². The summed E-state index contributed by atoms with van der Waals surface area (Å²) >= 11 is 0. The predicted octanol–water partition coefficient (Wildman–Crippen LogP) is 4.41. The first-order chi connectivity index (χ1) is 14.6. The van der Waals surface area contributed by atoms with Crippen LogP contribution in [0.3, 0.4) is 0 Å². The summed E-state index contributed by atoms with van der Waals surface area (Å²) in [5.74, 6) is 0.953. The lowest BCUT2D eigenvalue weighted by atomic mass is 10.0. The van der Waals surface area contributed by atoms with Crippen molar-refractivity contribution in [3.8, 4) is 22.8 Å². The highest BCUT2D eigenvalue weighted by Gasteiger charge is 2.19. The van der Waals surface area contributed by atoms with Gasteiger partial charge in [0.15, 0.2) is 0 Å². The molecule has 0 spiro atoms. The van der Waals surface area contributed by atoms with E-state index in [0.717, 1.165) is 29.9 Å². The molecule has 30 heavy (non-hydrogen) atoms. The van der Waals surface area contributed by atoms with Crippen LogP contribution in [0.15, 0.2) is 48.7 Å². The lowest BCUT2D eigenvalue weighted by molar-refractivity contribution is 0.469. The molecule has 4 rings (SSSR count). The quantitative estimate of drug-likeness (QED) is 0.438. The third-order valence-corrected chi connectivity index (χ3v) is 5.13. The summed E-state index contributed by atoms with van der Waals surface area (Å²) in [5, 5.41) is 16.9. The van der Waals surface area contributed by atoms with Gasteiger partial charge in [-0.1, -0.05) is 0 Å². The summed E-state index contributed by atoms with van der Waals surface area (Å²) in [5.41, 5.74) is 4.30. The van der Waals surface area contributed by atoms with E-state index in [1.165, 1.54) is 12.3 Å². The molecular weight excluding hydrogens is 381 g/mol. The average molecular weight is 405 g/mol. The summed E-state index contributed by atoms with van der Waals surface area (Å²) in [6.45, 7) is 3.58. The number of aromatic nitrogens is 1. The Morgan fingerprint density at radius 2 is 1.97 bits per heavy atom. The highest BCUT2D eigenvalue weighted by atomic mass is 19.1. The van der Waals surface area contributed by atoms with Crippen LogP contribution in [0.25, 0.3) is 11.3 Å². The number of aryl methyl sites for hydroxylation is 1. The van der Waals surface area contributed by atoms with Gasteiger partial charge in [0, 0.05) is 61.5 Å². The average Bonchev–Trinajstić information content (AvgIpc) is 2.72. The van der Waals surface area contributed by atoms with E-state index in [4.69, 9.17) is 10.1 Å². The molecule has 0 unspecified atom stereocenters. The summed E-state index contributed by atoms with van der Waals surface area (Å²) in [6.07, 6.45) is 2.94. The summed E-state index contributed by atoms with van der Waals surface area (Å²) < 4.78 is 20.7. The predicted molar refractivity (Wildman–Crippen MR) is 119 cm³/mol. The number of pyridine rings is 1. The normalized spacial score (nSPS) is 13.4. The van der Waals surface area contributed by atoms with Crippen molar-refractivity contribution in [2.45, 2.75) is 13.0 Å². The van der Waals surface area contributed by atoms with Crippen molar-refractivity contribution in [2.24, 2.45) is 0 Å². The van der Waals surface area contributed by atoms with Crippen LogP contribution in [0.2, 0.25) is 0 Å². The molecule has 0 bridgehead atoms. The number of halogens is 1. The van der Waals surface area contributed by atoms with Gasteiger partial charge in [-0.15, -0.1) is 0 Å². The molecule has 2 heterocycles. The number of rotatable bonds is 7. The fraction of sp³-hybridized carbons (Fsp3) is 0.217. The van der Waals surface area contributed by atoms with Crippen LogP contribution in [-0.2, 0) is 0 Å². The molecule has 1 saturated heterocycles. The van der Waals surface area contributed by atoms with Crippen LogP contribution in [0.1, 0.15) is 11.1 Å². The Morgan fingerprint density at radius 1 is 1.17 bits per heavy atom. The van der Waals surface area contributed by atoms with Crippen molar-refractivity contribution in [1.29, 1.82) is 5.41 Å². The number of hydrogen-bond acceptors (Lipinski definition) is 6. The zero-order chi connectivity index (χ0) is 21.1. The van der Waals surface area contributed by atoms with E-state index >= 15 is 0 Å². The van der Waals surface area contributed by atoms with Crippen LogP contribution in [0.4, 0.5) is 15.8 Å². The van der Waals surface area contributed by atoms with Crippen molar-refractivity contribution in [3.05, 3.63) is 65.6 Å². The number of benzene rings is 2. The highest BCUT2D eigenvalue weighted by Crippen LogP contribution is 2.31. The largest absolute Gasteiger partial charge is 0.457 e. The Labute approximate surface area is 175 Å². The Balaban J connectivity index is 1.58. The number of nitrogens with zero attached hydrogens (tertiary/aromatic N) is 1. The van der Waals surface area contributed by atoms with Crippen molar-refractivity contribution >= 4 is 17.6 Å². The third-order valence-electron chi connectivity index (χ3n) is 5.13. The van der Waals surface area contributed by atoms with Gasteiger partial charge in [0.2, 0.25) is 0 Å². The molecular formula is C23H24FN5O. The van der Waals surface area contributed by atoms with Crippen molar-refractivity contribution in [2.75, 3.05) is 30.8 Å². The Morgan fingerprint density at radius 3 is 2.63 bits per heavy atom. The van der Waals surface area contributed by atoms with Gasteiger partial charge in [-0.05, 0) is 42.8 Å². The molecule has 0 atom stereocenters. The number of anilines is 2. The first kappa shape index (κ1) is 19.8. The van der Waals surface area contributed by atoms with Crippen LogP contribution < -0.4 is 20.7 Å². The molecule has 7 heteroatoms. The van der Waals surface area contributed by atoms with Crippen molar-refractivity contribution in [3.63, 3.8) is 0 Å². The van der Waals surface area contributed by atoms with E-state index < -0.39 is 0 Å². The molecule has 0 aliphatic carbocycles. The van der Waals surface area contributed by atoms with E-state index in [0.29, 0.717) is 28.4 Å². The van der Waals surface area contributed by atoms with Gasteiger partial charge < -0.3 is 26.1 Å². The molecule has 0 radical (unpaired) electrons. The molecule has 1 aromatic heterocycles. The first-order valence-corrected chi connectivity index (χ1v) is 9.81. The first-order valence-electron chi connectivity index (χ1n) is 9.81. The fourth-order valence-corrected chi connectivity index (χ4v) is 3.38. The molecule has 1 aliphatic heterocycles. The second kappa shape index (κ2) is 8.51. The molecule has 1 fully saturated rings. The smallest absolute Gasteiger partial charge is 0.147 e. The van der Waals surface area contributed by atoms with Gasteiger partial charge in [0.1, 0.15) is 17.3 Å². The standard InChI is InChI=1S/C23H24FN5O/c1-14-7-16(8-20(24)23(14)29-17-12-27-13-17)22-10-19(5-6-28-22)30-18-4-3-15(11-25)21(9-18)26-2/h3-11,17,25-27,29H,12-13H2,1-2H3. The maximum atomic E-state index is 14.8. The molecule has 4 N–H and O–H groups in total. The Kier molecular flexibility index (Phi) is 5.63. The molecule has 0 saturated carbocycles. The summed E-state index contributed by atoms with van der Waals surface area (Å²) in [7, 11) is 1.80. The van der Waals surface area contributed by atoms with E-state index in [2.05, 4.69) is 20.9 Å². The second-order valence-electron chi connectivity index (χ2n) is 7.27. The van der Waals surface area contributed by atoms with Gasteiger partial charge >= 0.3 is 0 Å². The summed E-state index contributed by atoms with van der Waals surface area (Å²) in [4.78, 5) is 4.39. The van der Waals surface area contributed by atoms with Crippen LogP contribution in [0, 0.1) is 18.2 Å². The fourth-order valence-electron chi connectivity index (χ4n) is 3.38. The van der Waals surface area contributed by atoms with Crippen LogP contribution in [0.5, 0.6) is 11.5 Å². The minimum Gasteiger partial charge on any atom is -0.457 e. The van der Waals surface area contributed by atoms with E-state index in [-0.39, 0.29) is 11.9 Å². The number of hydrogen-bond donors (Lipinski definition) is 4. The highest BCUT2D eigenvalue weighted by molar-refractivity contribution is 5.86. The molecule has 2 aromatic carbocycles. The topological polar surface area (TPSA) is 82.1 Å². The Hall–Kier alpha value is -3.45. The SMILES string of the molecule is CNc1cc(Oc2ccnc(-c3cc(C)c(NC4CNC4)c(F)c3)c2)ccc1C=N. The zero-order valence-corrected chi connectivity index (χ0v) is 16.9. The second-order valence-corrected chi connectivity index (χ2v) is 7.27. The zero-order valence-electron chi connectivity index (χ0n) is 16.9. The van der Waals surface area contributed by atoms with E-state index in [1.54, 1.807) is 31.4 Å². The van der Waals surface area contributed by atoms with Crippen LogP contribution in [-0.4, -0.2) is 37.4 Å². The van der Waals surface area contributed by atoms with Crippen LogP contribution >= 0.6 is 0 Å². The molecule has 1 aliphatic rings. The third kappa shape index (κ3) is 4.11. The molecule has 3 aromatic rings. The van der Waals surface area contributed by atoms with E-state index in [1.807, 2.05) is 25.1 Å². The molecule has 154 valence electrons.